The summed E-state index contributed by atoms with van der Waals surface area (Å²) in [7, 11) is 1.54. The third kappa shape index (κ3) is 2.40. The molecule has 0 N–H and O–H groups in total. The normalized spacial score (nSPS) is 12.1. The molecule has 0 atom stereocenters. The number of hydrogen-bond acceptors (Lipinski definition) is 6. The Bertz CT molecular complexity index is 872. The van der Waals surface area contributed by atoms with Crippen molar-refractivity contribution in [2.75, 3.05) is 0 Å². The van der Waals surface area contributed by atoms with Crippen LogP contribution >= 0.6 is 37.9 Å². The van der Waals surface area contributed by atoms with E-state index in [1.54, 1.807) is 6.20 Å². The molecule has 3 rings (SSSR count). The summed E-state index contributed by atoms with van der Waals surface area (Å²) in [5.41, 5.74) is 0.971. The number of aromatic nitrogens is 2. The van der Waals surface area contributed by atoms with Gasteiger partial charge in [0.1, 0.15) is 10.7 Å². The lowest BCUT2D eigenvalue weighted by atomic mass is 10.2. The highest BCUT2D eigenvalue weighted by molar-refractivity contribution is 9.11. The predicted octanol–water partition coefficient (Wildman–Crippen LogP) is 3.64. The Labute approximate surface area is 124 Å². The van der Waals surface area contributed by atoms with Crippen LogP contribution in [0.5, 0.6) is 0 Å². The molecular formula is C10H4BrClN2O3S2. The van der Waals surface area contributed by atoms with Gasteiger partial charge in [0.2, 0.25) is 0 Å². The van der Waals surface area contributed by atoms with Crippen molar-refractivity contribution in [3.63, 3.8) is 0 Å². The zero-order valence-electron chi connectivity index (χ0n) is 9.00. The lowest BCUT2D eigenvalue weighted by Crippen LogP contribution is -1.89. The van der Waals surface area contributed by atoms with E-state index in [2.05, 4.69) is 26.1 Å². The first-order valence-electron chi connectivity index (χ1n) is 4.91. The Morgan fingerprint density at radius 2 is 2.16 bits per heavy atom. The second-order valence-electron chi connectivity index (χ2n) is 3.60. The van der Waals surface area contributed by atoms with Gasteiger partial charge in [0.15, 0.2) is 5.58 Å². The van der Waals surface area contributed by atoms with E-state index in [0.29, 0.717) is 21.7 Å². The monoisotopic (exact) mass is 378 g/mol. The molecule has 9 heteroatoms. The minimum Gasteiger partial charge on any atom is -0.356 e. The van der Waals surface area contributed by atoms with Crippen molar-refractivity contribution in [1.29, 1.82) is 0 Å². The fourth-order valence-corrected chi connectivity index (χ4v) is 3.57. The number of halogens is 2. The van der Waals surface area contributed by atoms with Crippen molar-refractivity contribution < 1.29 is 12.9 Å². The molecule has 0 aliphatic heterocycles. The summed E-state index contributed by atoms with van der Waals surface area (Å²) in [6.45, 7) is 0. The molecule has 0 unspecified atom stereocenters. The van der Waals surface area contributed by atoms with Crippen molar-refractivity contribution in [1.82, 2.24) is 10.1 Å². The molecule has 5 nitrogen and oxygen atoms in total. The van der Waals surface area contributed by atoms with Gasteiger partial charge in [-0.05, 0) is 34.1 Å². The summed E-state index contributed by atoms with van der Waals surface area (Å²) in [6.07, 6.45) is 1.64. The van der Waals surface area contributed by atoms with Crippen LogP contribution in [0.3, 0.4) is 0 Å². The number of nitrogens with zero attached hydrogens (tertiary/aromatic N) is 2. The van der Waals surface area contributed by atoms with Crippen molar-refractivity contribution >= 4 is 58.0 Å². The van der Waals surface area contributed by atoms with Crippen LogP contribution in [0.1, 0.15) is 0 Å². The number of benzene rings is 1. The third-order valence-electron chi connectivity index (χ3n) is 2.40. The van der Waals surface area contributed by atoms with E-state index in [1.807, 2.05) is 0 Å². The molecule has 0 fully saturated rings. The molecule has 2 aromatic heterocycles. The van der Waals surface area contributed by atoms with Gasteiger partial charge in [-0.2, -0.15) is 0 Å². The van der Waals surface area contributed by atoms with E-state index >= 15 is 0 Å². The topological polar surface area (TPSA) is 73.1 Å². The van der Waals surface area contributed by atoms with Crippen LogP contribution < -0.4 is 0 Å². The molecule has 2 heterocycles. The summed E-state index contributed by atoms with van der Waals surface area (Å²) in [6, 6.07) is 4.32. The summed E-state index contributed by atoms with van der Waals surface area (Å²) in [5, 5.41) is 5.11. The summed E-state index contributed by atoms with van der Waals surface area (Å²) < 4.78 is 28.7. The molecule has 0 aliphatic rings. The van der Waals surface area contributed by atoms with E-state index in [4.69, 9.17) is 15.2 Å². The lowest BCUT2D eigenvalue weighted by Gasteiger charge is -1.95. The number of thiazole rings is 1. The van der Waals surface area contributed by atoms with Gasteiger partial charge in [-0.3, -0.25) is 0 Å². The van der Waals surface area contributed by atoms with Crippen LogP contribution in [0.15, 0.2) is 37.6 Å². The molecule has 0 amide bonds. The van der Waals surface area contributed by atoms with Crippen LogP contribution in [-0.2, 0) is 9.05 Å². The van der Waals surface area contributed by atoms with E-state index in [9.17, 15) is 8.42 Å². The molecule has 0 aliphatic carbocycles. The van der Waals surface area contributed by atoms with Crippen LogP contribution in [0.4, 0.5) is 0 Å². The molecular weight excluding hydrogens is 376 g/mol. The average Bonchev–Trinajstić information content (AvgIpc) is 2.92. The van der Waals surface area contributed by atoms with Gasteiger partial charge in [0, 0.05) is 10.7 Å². The third-order valence-corrected chi connectivity index (χ3v) is 5.24. The largest absolute Gasteiger partial charge is 0.356 e. The highest BCUT2D eigenvalue weighted by Crippen LogP contribution is 2.34. The van der Waals surface area contributed by atoms with Crippen LogP contribution in [0.25, 0.3) is 21.7 Å². The first-order chi connectivity index (χ1) is 8.95. The Morgan fingerprint density at radius 3 is 2.79 bits per heavy atom. The zero-order chi connectivity index (χ0) is 13.6. The fraction of sp³-hybridized carbons (Fsp3) is 0. The van der Waals surface area contributed by atoms with E-state index in [-0.39, 0.29) is 4.90 Å². The van der Waals surface area contributed by atoms with Gasteiger partial charge < -0.3 is 4.52 Å². The van der Waals surface area contributed by atoms with Gasteiger partial charge in [0.05, 0.1) is 20.3 Å². The molecule has 0 saturated carbocycles. The maximum absolute atomic E-state index is 11.3. The quantitative estimate of drug-likeness (QED) is 0.636. The standard InChI is InChI=1S/C10H4BrClN2O3S2/c11-8-4-13-10(18-8)9-6-3-5(19(12,15)16)1-2-7(6)17-14-9/h1-4H. The van der Waals surface area contributed by atoms with Crippen molar-refractivity contribution in [3.8, 4) is 10.7 Å². The molecule has 98 valence electrons. The summed E-state index contributed by atoms with van der Waals surface area (Å²) in [4.78, 5) is 4.17. The Morgan fingerprint density at radius 1 is 1.37 bits per heavy atom. The number of fused-ring (bicyclic) bond motifs is 1. The average molecular weight is 380 g/mol. The molecule has 0 saturated heterocycles. The molecule has 19 heavy (non-hydrogen) atoms. The predicted molar refractivity (Wildman–Crippen MR) is 75.9 cm³/mol. The zero-order valence-corrected chi connectivity index (χ0v) is 13.0. The molecule has 0 spiro atoms. The van der Waals surface area contributed by atoms with E-state index < -0.39 is 9.05 Å². The second kappa shape index (κ2) is 4.55. The van der Waals surface area contributed by atoms with Gasteiger partial charge in [0.25, 0.3) is 9.05 Å². The molecule has 3 aromatic rings. The maximum atomic E-state index is 11.3. The SMILES string of the molecule is O=S(=O)(Cl)c1ccc2onc(-c3ncc(Br)s3)c2c1. The first-order valence-corrected chi connectivity index (χ1v) is 8.83. The van der Waals surface area contributed by atoms with Crippen LogP contribution in [0, 0.1) is 0 Å². The molecule has 0 bridgehead atoms. The Balaban J connectivity index is 2.27. The Hall–Kier alpha value is -0.960. The highest BCUT2D eigenvalue weighted by atomic mass is 79.9. The lowest BCUT2D eigenvalue weighted by molar-refractivity contribution is 0.459. The van der Waals surface area contributed by atoms with E-state index in [0.717, 1.165) is 3.79 Å². The minimum atomic E-state index is -3.79. The minimum absolute atomic E-state index is 0.00161. The van der Waals surface area contributed by atoms with Crippen molar-refractivity contribution in [2.45, 2.75) is 4.90 Å². The fourth-order valence-electron chi connectivity index (χ4n) is 1.59. The highest BCUT2D eigenvalue weighted by Gasteiger charge is 2.17. The van der Waals surface area contributed by atoms with E-state index in [1.165, 1.54) is 29.5 Å². The number of rotatable bonds is 2. The Kier molecular flexibility index (Phi) is 3.12. The first kappa shape index (κ1) is 13.0. The van der Waals surface area contributed by atoms with Gasteiger partial charge in [-0.15, -0.1) is 11.3 Å². The van der Waals surface area contributed by atoms with Crippen LogP contribution in [0.2, 0.25) is 0 Å². The second-order valence-corrected chi connectivity index (χ2v) is 8.57. The van der Waals surface area contributed by atoms with Gasteiger partial charge in [-0.25, -0.2) is 13.4 Å². The molecule has 1 aromatic carbocycles. The van der Waals surface area contributed by atoms with Gasteiger partial charge in [-0.1, -0.05) is 5.16 Å². The maximum Gasteiger partial charge on any atom is 0.261 e. The van der Waals surface area contributed by atoms with Crippen molar-refractivity contribution in [2.24, 2.45) is 0 Å². The van der Waals surface area contributed by atoms with Crippen molar-refractivity contribution in [3.05, 3.63) is 28.2 Å². The van der Waals surface area contributed by atoms with Gasteiger partial charge >= 0.3 is 0 Å². The summed E-state index contributed by atoms with van der Waals surface area (Å²) >= 11 is 4.68. The number of hydrogen-bond donors (Lipinski definition) is 0. The van der Waals surface area contributed by atoms with Crippen LogP contribution in [-0.4, -0.2) is 18.6 Å². The smallest absolute Gasteiger partial charge is 0.261 e. The molecule has 0 radical (unpaired) electrons. The summed E-state index contributed by atoms with van der Waals surface area (Å²) in [5.74, 6) is 0.